The van der Waals surface area contributed by atoms with Gasteiger partial charge < -0.3 is 20.7 Å². The van der Waals surface area contributed by atoms with E-state index in [-0.39, 0.29) is 34.8 Å². The number of hydrogen-bond donors (Lipinski definition) is 6. The summed E-state index contributed by atoms with van der Waals surface area (Å²) in [4.78, 5) is 2.00. The molecule has 0 saturated heterocycles. The summed E-state index contributed by atoms with van der Waals surface area (Å²) in [5, 5.41) is 36.7. The lowest BCUT2D eigenvalue weighted by atomic mass is 9.98. The van der Waals surface area contributed by atoms with Gasteiger partial charge in [-0.1, -0.05) is 13.8 Å². The SMILES string of the molecule is COC(=N)N(C(=N)c1cc(C(C)C)c(O)cc1O)c1ccc(S)cc1.NCC(F)(F)F. The third kappa shape index (κ3) is 7.37. The summed E-state index contributed by atoms with van der Waals surface area (Å²) in [6.07, 6.45) is -4.18. The summed E-state index contributed by atoms with van der Waals surface area (Å²) in [6, 6.07) is 9.37. The van der Waals surface area contributed by atoms with Crippen LogP contribution in [0, 0.1) is 10.8 Å². The highest BCUT2D eigenvalue weighted by Crippen LogP contribution is 2.33. The van der Waals surface area contributed by atoms with Crippen molar-refractivity contribution in [3.8, 4) is 11.5 Å². The second kappa shape index (κ2) is 10.9. The minimum Gasteiger partial charge on any atom is -0.508 e. The van der Waals surface area contributed by atoms with E-state index >= 15 is 0 Å². The Balaban J connectivity index is 0.000000703. The number of thiol groups is 1. The Bertz CT molecular complexity index is 919. The fraction of sp³-hybridized carbons (Fsp3) is 0.300. The molecule has 0 amide bonds. The number of rotatable bonds is 3. The van der Waals surface area contributed by atoms with E-state index in [9.17, 15) is 23.4 Å². The van der Waals surface area contributed by atoms with Gasteiger partial charge in [-0.3, -0.25) is 10.8 Å². The number of nitrogens with two attached hydrogens (primary N) is 1. The quantitative estimate of drug-likeness (QED) is 0.230. The molecule has 2 aromatic rings. The molecule has 6 N–H and O–H groups in total. The summed E-state index contributed by atoms with van der Waals surface area (Å²) in [7, 11) is 1.34. The Labute approximate surface area is 183 Å². The third-order valence-electron chi connectivity index (χ3n) is 3.98. The topological polar surface area (TPSA) is 127 Å². The summed E-state index contributed by atoms with van der Waals surface area (Å²) >= 11 is 4.24. The van der Waals surface area contributed by atoms with Gasteiger partial charge in [0.25, 0.3) is 6.02 Å². The highest BCUT2D eigenvalue weighted by atomic mass is 32.1. The number of hydrogen-bond acceptors (Lipinski definition) is 7. The number of phenolic OH excluding ortho intramolecular Hbond substituents is 2. The van der Waals surface area contributed by atoms with Crippen molar-refractivity contribution < 1.29 is 28.1 Å². The monoisotopic (exact) mass is 458 g/mol. The molecule has 31 heavy (non-hydrogen) atoms. The van der Waals surface area contributed by atoms with Crippen molar-refractivity contribution in [3.05, 3.63) is 47.5 Å². The number of methoxy groups -OCH3 is 1. The number of halogens is 3. The molecule has 0 aliphatic heterocycles. The van der Waals surface area contributed by atoms with Crippen LogP contribution in [0.1, 0.15) is 30.9 Å². The van der Waals surface area contributed by atoms with Crippen LogP contribution >= 0.6 is 12.6 Å². The molecule has 0 fully saturated rings. The van der Waals surface area contributed by atoms with E-state index in [1.807, 2.05) is 13.8 Å². The van der Waals surface area contributed by atoms with E-state index in [1.54, 1.807) is 30.3 Å². The van der Waals surface area contributed by atoms with E-state index in [0.717, 1.165) is 4.90 Å². The maximum absolute atomic E-state index is 10.7. The molecule has 11 heteroatoms. The minimum atomic E-state index is -4.18. The van der Waals surface area contributed by atoms with E-state index in [2.05, 4.69) is 18.4 Å². The van der Waals surface area contributed by atoms with E-state index in [1.165, 1.54) is 18.1 Å². The first-order valence-electron chi connectivity index (χ1n) is 8.95. The molecule has 0 radical (unpaired) electrons. The summed E-state index contributed by atoms with van der Waals surface area (Å²) < 4.78 is 37.0. The van der Waals surface area contributed by atoms with Crippen LogP contribution in [0.25, 0.3) is 0 Å². The van der Waals surface area contributed by atoms with Crippen LogP contribution in [-0.4, -0.2) is 41.9 Å². The lowest BCUT2D eigenvalue weighted by Crippen LogP contribution is -2.37. The highest BCUT2D eigenvalue weighted by molar-refractivity contribution is 7.80. The Morgan fingerprint density at radius 3 is 2.06 bits per heavy atom. The Hall–Kier alpha value is -2.92. The first-order valence-corrected chi connectivity index (χ1v) is 9.40. The molecule has 170 valence electrons. The normalized spacial score (nSPS) is 10.9. The number of nitrogens with one attached hydrogen (secondary N) is 2. The smallest absolute Gasteiger partial charge is 0.400 e. The molecule has 0 aliphatic rings. The molecule has 2 rings (SSSR count). The van der Waals surface area contributed by atoms with Gasteiger partial charge in [0.05, 0.1) is 24.9 Å². The molecule has 0 saturated carbocycles. The van der Waals surface area contributed by atoms with Crippen LogP contribution in [0.4, 0.5) is 18.9 Å². The second-order valence-electron chi connectivity index (χ2n) is 6.61. The molecule has 0 atom stereocenters. The third-order valence-corrected chi connectivity index (χ3v) is 4.28. The Morgan fingerprint density at radius 2 is 1.65 bits per heavy atom. The second-order valence-corrected chi connectivity index (χ2v) is 7.13. The summed E-state index contributed by atoms with van der Waals surface area (Å²) in [5.74, 6) is -0.410. The van der Waals surface area contributed by atoms with E-state index in [4.69, 9.17) is 15.6 Å². The van der Waals surface area contributed by atoms with Crippen molar-refractivity contribution in [3.63, 3.8) is 0 Å². The van der Waals surface area contributed by atoms with Gasteiger partial charge in [-0.25, -0.2) is 4.90 Å². The van der Waals surface area contributed by atoms with Crippen LogP contribution < -0.4 is 10.6 Å². The molecule has 2 aromatic carbocycles. The van der Waals surface area contributed by atoms with Gasteiger partial charge in [0, 0.05) is 11.0 Å². The van der Waals surface area contributed by atoms with E-state index in [0.29, 0.717) is 11.3 Å². The van der Waals surface area contributed by atoms with Crippen LogP contribution in [0.15, 0.2) is 41.3 Å². The van der Waals surface area contributed by atoms with Gasteiger partial charge >= 0.3 is 6.18 Å². The number of aromatic hydroxyl groups is 2. The van der Waals surface area contributed by atoms with Crippen LogP contribution in [0.5, 0.6) is 11.5 Å². The zero-order valence-corrected chi connectivity index (χ0v) is 18.1. The van der Waals surface area contributed by atoms with Crippen molar-refractivity contribution in [2.45, 2.75) is 30.8 Å². The minimum absolute atomic E-state index is 0.00550. The number of nitrogens with zero attached hydrogens (tertiary/aromatic N) is 1. The molecular formula is C20H25F3N4O3S. The fourth-order valence-corrected chi connectivity index (χ4v) is 2.56. The van der Waals surface area contributed by atoms with E-state index < -0.39 is 12.7 Å². The maximum atomic E-state index is 10.7. The average molecular weight is 459 g/mol. The van der Waals surface area contributed by atoms with Gasteiger partial charge in [0.2, 0.25) is 0 Å². The van der Waals surface area contributed by atoms with Gasteiger partial charge in [-0.05, 0) is 41.8 Å². The number of anilines is 1. The Morgan fingerprint density at radius 1 is 1.13 bits per heavy atom. The molecule has 0 unspecified atom stereocenters. The lowest BCUT2D eigenvalue weighted by molar-refractivity contribution is -0.118. The van der Waals surface area contributed by atoms with Gasteiger partial charge in [0.15, 0.2) is 0 Å². The van der Waals surface area contributed by atoms with Crippen molar-refractivity contribution in [2.75, 3.05) is 18.6 Å². The van der Waals surface area contributed by atoms with Crippen LogP contribution in [-0.2, 0) is 4.74 Å². The van der Waals surface area contributed by atoms with Gasteiger partial charge in [-0.2, -0.15) is 13.2 Å². The number of ether oxygens (including phenoxy) is 1. The molecule has 0 heterocycles. The van der Waals surface area contributed by atoms with Crippen molar-refractivity contribution in [1.29, 1.82) is 10.8 Å². The van der Waals surface area contributed by atoms with Gasteiger partial charge in [0.1, 0.15) is 17.3 Å². The standard InChI is InChI=1S/C18H21N3O3S.C2H4F3N/c1-10(2)13-8-14(16(23)9-15(13)22)17(19)21(18(20)24-3)11-4-6-12(25)7-5-11;3-2(4,5)1-6/h4-10,19-20,22-23,25H,1-3H3;1,6H2. The fourth-order valence-electron chi connectivity index (χ4n) is 2.41. The largest absolute Gasteiger partial charge is 0.508 e. The lowest BCUT2D eigenvalue weighted by Gasteiger charge is -2.25. The molecule has 0 aromatic heterocycles. The Kier molecular flexibility index (Phi) is 9.19. The molecule has 0 spiro atoms. The first-order chi connectivity index (χ1) is 14.3. The summed E-state index contributed by atoms with van der Waals surface area (Å²) in [5.41, 5.74) is 5.50. The highest BCUT2D eigenvalue weighted by Gasteiger charge is 2.24. The number of amidine groups is 2. The van der Waals surface area contributed by atoms with Crippen molar-refractivity contribution in [2.24, 2.45) is 5.73 Å². The number of phenols is 2. The summed E-state index contributed by atoms with van der Waals surface area (Å²) in [6.45, 7) is 2.58. The predicted octanol–water partition coefficient (Wildman–Crippen LogP) is 4.43. The van der Waals surface area contributed by atoms with Crippen LogP contribution in [0.2, 0.25) is 0 Å². The zero-order valence-electron chi connectivity index (χ0n) is 17.2. The zero-order chi connectivity index (χ0) is 23.9. The number of benzene rings is 2. The molecule has 0 aliphatic carbocycles. The van der Waals surface area contributed by atoms with Crippen LogP contribution in [0.3, 0.4) is 0 Å². The van der Waals surface area contributed by atoms with Crippen molar-refractivity contribution >= 4 is 30.2 Å². The number of alkyl halides is 3. The molecular weight excluding hydrogens is 433 g/mol. The molecule has 0 bridgehead atoms. The van der Waals surface area contributed by atoms with Crippen molar-refractivity contribution in [1.82, 2.24) is 0 Å². The average Bonchev–Trinajstić information content (AvgIpc) is 2.69. The predicted molar refractivity (Wildman–Crippen MR) is 117 cm³/mol. The molecule has 7 nitrogen and oxygen atoms in total. The van der Waals surface area contributed by atoms with Gasteiger partial charge in [-0.15, -0.1) is 12.6 Å². The maximum Gasteiger partial charge on any atom is 0.400 e. The first kappa shape index (κ1) is 26.1.